The molecule has 20 heavy (non-hydrogen) atoms. The predicted octanol–water partition coefficient (Wildman–Crippen LogP) is 0.0772. The van der Waals surface area contributed by atoms with Crippen LogP contribution in [0, 0.1) is 6.92 Å². The highest BCUT2D eigenvalue weighted by Crippen LogP contribution is 1.99. The SMILES string of the molecule is Cc1ccc(CNCc2cc(=O)n(C)c(=O)n2C)cn1. The van der Waals surface area contributed by atoms with Crippen LogP contribution in [0.15, 0.2) is 34.0 Å². The molecule has 6 nitrogen and oxygen atoms in total. The quantitative estimate of drug-likeness (QED) is 0.857. The second-order valence-corrected chi connectivity index (χ2v) is 4.79. The van der Waals surface area contributed by atoms with Crippen LogP contribution in [-0.4, -0.2) is 14.1 Å². The summed E-state index contributed by atoms with van der Waals surface area (Å²) in [5.74, 6) is 0. The van der Waals surface area contributed by atoms with Gasteiger partial charge in [0.2, 0.25) is 0 Å². The molecule has 2 rings (SSSR count). The summed E-state index contributed by atoms with van der Waals surface area (Å²) in [5.41, 5.74) is 2.10. The first-order chi connectivity index (χ1) is 9.49. The van der Waals surface area contributed by atoms with Gasteiger partial charge in [0.15, 0.2) is 0 Å². The molecule has 2 aromatic heterocycles. The Morgan fingerprint density at radius 3 is 2.55 bits per heavy atom. The van der Waals surface area contributed by atoms with Gasteiger partial charge in [-0.3, -0.25) is 18.9 Å². The van der Waals surface area contributed by atoms with E-state index < -0.39 is 0 Å². The van der Waals surface area contributed by atoms with Gasteiger partial charge in [-0.25, -0.2) is 4.79 Å². The van der Waals surface area contributed by atoms with Gasteiger partial charge >= 0.3 is 5.69 Å². The van der Waals surface area contributed by atoms with Gasteiger partial charge in [-0.05, 0) is 18.6 Å². The standard InChI is InChI=1S/C14H18N4O2/c1-10-4-5-11(8-16-10)7-15-9-12-6-13(19)18(3)14(20)17(12)2/h4-6,8,15H,7,9H2,1-3H3. The number of hydrogen-bond donors (Lipinski definition) is 1. The van der Waals surface area contributed by atoms with E-state index in [4.69, 9.17) is 0 Å². The minimum atomic E-state index is -0.314. The summed E-state index contributed by atoms with van der Waals surface area (Å²) in [6, 6.07) is 5.42. The molecule has 0 fully saturated rings. The first kappa shape index (κ1) is 14.2. The predicted molar refractivity (Wildman–Crippen MR) is 76.4 cm³/mol. The largest absolute Gasteiger partial charge is 0.330 e. The molecule has 0 aliphatic rings. The molecule has 0 unspecified atom stereocenters. The molecule has 0 aromatic carbocycles. The average Bonchev–Trinajstić information content (AvgIpc) is 2.44. The summed E-state index contributed by atoms with van der Waals surface area (Å²) in [6.07, 6.45) is 1.81. The normalized spacial score (nSPS) is 10.8. The highest BCUT2D eigenvalue weighted by Gasteiger charge is 2.05. The van der Waals surface area contributed by atoms with Gasteiger partial charge in [0.1, 0.15) is 0 Å². The molecule has 0 bridgehead atoms. The molecule has 0 aliphatic heterocycles. The molecule has 0 aliphatic carbocycles. The molecule has 6 heteroatoms. The van der Waals surface area contributed by atoms with Crippen LogP contribution in [0.3, 0.4) is 0 Å². The van der Waals surface area contributed by atoms with Crippen molar-refractivity contribution in [1.29, 1.82) is 0 Å². The summed E-state index contributed by atoms with van der Waals surface area (Å²) in [7, 11) is 3.13. The second-order valence-electron chi connectivity index (χ2n) is 4.79. The van der Waals surface area contributed by atoms with Crippen LogP contribution in [-0.2, 0) is 27.2 Å². The maximum Gasteiger partial charge on any atom is 0.330 e. The molecule has 0 atom stereocenters. The van der Waals surface area contributed by atoms with Crippen LogP contribution in [0.2, 0.25) is 0 Å². The fraction of sp³-hybridized carbons (Fsp3) is 0.357. The van der Waals surface area contributed by atoms with Crippen molar-refractivity contribution in [3.05, 3.63) is 62.2 Å². The van der Waals surface area contributed by atoms with Gasteiger partial charge in [0, 0.05) is 50.8 Å². The van der Waals surface area contributed by atoms with Crippen molar-refractivity contribution in [3.63, 3.8) is 0 Å². The number of pyridine rings is 1. The second kappa shape index (κ2) is 5.83. The Bertz CT molecular complexity index is 713. The Hall–Kier alpha value is -2.21. The smallest absolute Gasteiger partial charge is 0.307 e. The average molecular weight is 274 g/mol. The van der Waals surface area contributed by atoms with E-state index in [0.717, 1.165) is 15.8 Å². The number of aromatic nitrogens is 3. The Morgan fingerprint density at radius 2 is 1.90 bits per heavy atom. The third-order valence-electron chi connectivity index (χ3n) is 3.23. The minimum absolute atomic E-state index is 0.290. The van der Waals surface area contributed by atoms with E-state index in [1.165, 1.54) is 17.7 Å². The number of aryl methyl sites for hydroxylation is 1. The van der Waals surface area contributed by atoms with Crippen molar-refractivity contribution < 1.29 is 0 Å². The van der Waals surface area contributed by atoms with Crippen LogP contribution in [0.4, 0.5) is 0 Å². The zero-order valence-corrected chi connectivity index (χ0v) is 11.9. The zero-order chi connectivity index (χ0) is 14.7. The lowest BCUT2D eigenvalue weighted by atomic mass is 10.2. The minimum Gasteiger partial charge on any atom is -0.307 e. The molecule has 0 saturated carbocycles. The van der Waals surface area contributed by atoms with Crippen LogP contribution >= 0.6 is 0 Å². The molecule has 1 N–H and O–H groups in total. The van der Waals surface area contributed by atoms with E-state index in [1.54, 1.807) is 7.05 Å². The van der Waals surface area contributed by atoms with Crippen molar-refractivity contribution in [1.82, 2.24) is 19.4 Å². The zero-order valence-electron chi connectivity index (χ0n) is 11.9. The first-order valence-electron chi connectivity index (χ1n) is 6.37. The summed E-state index contributed by atoms with van der Waals surface area (Å²) < 4.78 is 2.56. The number of hydrogen-bond acceptors (Lipinski definition) is 4. The van der Waals surface area contributed by atoms with Gasteiger partial charge in [0.05, 0.1) is 0 Å². The van der Waals surface area contributed by atoms with Crippen molar-refractivity contribution in [2.45, 2.75) is 20.0 Å². The van der Waals surface area contributed by atoms with Gasteiger partial charge in [0.25, 0.3) is 5.56 Å². The summed E-state index contributed by atoms with van der Waals surface area (Å²) in [5, 5.41) is 3.20. The lowest BCUT2D eigenvalue weighted by molar-refractivity contribution is 0.600. The highest BCUT2D eigenvalue weighted by atomic mass is 16.2. The van der Waals surface area contributed by atoms with Gasteiger partial charge < -0.3 is 5.32 Å². The summed E-state index contributed by atoms with van der Waals surface area (Å²) in [4.78, 5) is 27.6. The van der Waals surface area contributed by atoms with Crippen molar-refractivity contribution in [3.8, 4) is 0 Å². The Kier molecular flexibility index (Phi) is 4.14. The molecule has 0 spiro atoms. The lowest BCUT2D eigenvalue weighted by Crippen LogP contribution is -2.38. The maximum absolute atomic E-state index is 11.8. The number of nitrogens with zero attached hydrogens (tertiary/aromatic N) is 3. The number of nitrogens with one attached hydrogen (secondary N) is 1. The van der Waals surface area contributed by atoms with E-state index in [-0.39, 0.29) is 11.2 Å². The van der Waals surface area contributed by atoms with Crippen LogP contribution in [0.25, 0.3) is 0 Å². The van der Waals surface area contributed by atoms with Crippen LogP contribution in [0.5, 0.6) is 0 Å². The third-order valence-corrected chi connectivity index (χ3v) is 3.23. The van der Waals surface area contributed by atoms with E-state index in [2.05, 4.69) is 10.3 Å². The Balaban J connectivity index is 2.07. The number of rotatable bonds is 4. The molecule has 2 aromatic rings. The van der Waals surface area contributed by atoms with Gasteiger partial charge in [-0.2, -0.15) is 0 Å². The molecule has 0 amide bonds. The van der Waals surface area contributed by atoms with Crippen molar-refractivity contribution >= 4 is 0 Å². The van der Waals surface area contributed by atoms with E-state index >= 15 is 0 Å². The molecule has 0 saturated heterocycles. The molecule has 0 radical (unpaired) electrons. The monoisotopic (exact) mass is 274 g/mol. The molecule has 2 heterocycles. The van der Waals surface area contributed by atoms with Gasteiger partial charge in [-0.15, -0.1) is 0 Å². The summed E-state index contributed by atoms with van der Waals surface area (Å²) >= 11 is 0. The lowest BCUT2D eigenvalue weighted by Gasteiger charge is -2.10. The van der Waals surface area contributed by atoms with Crippen LogP contribution in [0.1, 0.15) is 17.0 Å². The fourth-order valence-corrected chi connectivity index (χ4v) is 1.89. The summed E-state index contributed by atoms with van der Waals surface area (Å²) in [6.45, 7) is 3.03. The first-order valence-corrected chi connectivity index (χ1v) is 6.37. The molecular weight excluding hydrogens is 256 g/mol. The van der Waals surface area contributed by atoms with Crippen molar-refractivity contribution in [2.75, 3.05) is 0 Å². The topological polar surface area (TPSA) is 68.9 Å². The highest BCUT2D eigenvalue weighted by molar-refractivity contribution is 5.13. The van der Waals surface area contributed by atoms with Crippen molar-refractivity contribution in [2.24, 2.45) is 14.1 Å². The Labute approximate surface area is 116 Å². The van der Waals surface area contributed by atoms with E-state index in [9.17, 15) is 9.59 Å². The van der Waals surface area contributed by atoms with E-state index in [0.29, 0.717) is 18.8 Å². The van der Waals surface area contributed by atoms with Gasteiger partial charge in [-0.1, -0.05) is 6.07 Å². The van der Waals surface area contributed by atoms with Crippen LogP contribution < -0.4 is 16.6 Å². The molecule has 106 valence electrons. The molecular formula is C14H18N4O2. The Morgan fingerprint density at radius 1 is 1.15 bits per heavy atom. The fourth-order valence-electron chi connectivity index (χ4n) is 1.89. The van der Waals surface area contributed by atoms with E-state index in [1.807, 2.05) is 25.3 Å². The third kappa shape index (κ3) is 3.03. The maximum atomic E-state index is 11.8.